The highest BCUT2D eigenvalue weighted by atomic mass is 16.7. The predicted octanol–water partition coefficient (Wildman–Crippen LogP) is 3.32. The van der Waals surface area contributed by atoms with Crippen LogP contribution in [-0.2, 0) is 28.4 Å². The highest BCUT2D eigenvalue weighted by Crippen LogP contribution is 2.67. The second kappa shape index (κ2) is 12.7. The maximum Gasteiger partial charge on any atom is 0.186 e. The van der Waals surface area contributed by atoms with Gasteiger partial charge in [0.15, 0.2) is 12.6 Å². The molecule has 4 aliphatic carbocycles. The first-order valence-electron chi connectivity index (χ1n) is 17.4. The molecule has 6 aliphatic rings. The fourth-order valence-corrected chi connectivity index (χ4v) is 10.7. The molecule has 0 spiro atoms. The van der Waals surface area contributed by atoms with E-state index >= 15 is 0 Å². The van der Waals surface area contributed by atoms with Gasteiger partial charge in [0.05, 0.1) is 36.1 Å². The van der Waals surface area contributed by atoms with E-state index in [1.165, 1.54) is 7.11 Å². The average molecular weight is 639 g/mol. The molecule has 10 nitrogen and oxygen atoms in total. The molecular formula is C35H58O10. The van der Waals surface area contributed by atoms with Crippen molar-refractivity contribution in [3.63, 3.8) is 0 Å². The van der Waals surface area contributed by atoms with Crippen LogP contribution in [0.4, 0.5) is 0 Å². The summed E-state index contributed by atoms with van der Waals surface area (Å²) in [6.07, 6.45) is 5.25. The smallest absolute Gasteiger partial charge is 0.186 e. The van der Waals surface area contributed by atoms with Gasteiger partial charge in [-0.05, 0) is 94.8 Å². The van der Waals surface area contributed by atoms with Gasteiger partial charge < -0.3 is 48.8 Å². The fraction of sp³-hybridized carbons (Fsp3) is 0.943. The van der Waals surface area contributed by atoms with Gasteiger partial charge in [-0.2, -0.15) is 0 Å². The van der Waals surface area contributed by atoms with E-state index in [-0.39, 0.29) is 23.0 Å². The molecule has 0 aromatic carbocycles. The van der Waals surface area contributed by atoms with Crippen LogP contribution in [0.2, 0.25) is 0 Å². The molecule has 18 atom stereocenters. The maximum absolute atomic E-state index is 12.4. The van der Waals surface area contributed by atoms with Crippen molar-refractivity contribution in [1.82, 2.24) is 0 Å². The van der Waals surface area contributed by atoms with Crippen molar-refractivity contribution in [2.75, 3.05) is 14.2 Å². The molecule has 0 aromatic rings. The first-order valence-corrected chi connectivity index (χ1v) is 17.4. The summed E-state index contributed by atoms with van der Waals surface area (Å²) in [5.74, 6) is 1.65. The van der Waals surface area contributed by atoms with Gasteiger partial charge in [-0.3, -0.25) is 0 Å². The van der Waals surface area contributed by atoms with Gasteiger partial charge in [0.25, 0.3) is 0 Å². The van der Waals surface area contributed by atoms with Crippen LogP contribution in [0.15, 0.2) is 12.2 Å². The van der Waals surface area contributed by atoms with Crippen LogP contribution in [0.3, 0.4) is 0 Å². The van der Waals surface area contributed by atoms with Crippen LogP contribution in [0, 0.1) is 34.5 Å². The minimum Gasteiger partial charge on any atom is -0.388 e. The third kappa shape index (κ3) is 5.57. The predicted molar refractivity (Wildman–Crippen MR) is 165 cm³/mol. The summed E-state index contributed by atoms with van der Waals surface area (Å²) in [4.78, 5) is 0. The third-order valence-corrected chi connectivity index (χ3v) is 13.7. The molecule has 0 radical (unpaired) electrons. The van der Waals surface area contributed by atoms with Crippen molar-refractivity contribution in [3.8, 4) is 0 Å². The van der Waals surface area contributed by atoms with Crippen LogP contribution in [0.25, 0.3) is 0 Å². The van der Waals surface area contributed by atoms with E-state index in [0.717, 1.165) is 38.5 Å². The molecule has 4 N–H and O–H groups in total. The highest BCUT2D eigenvalue weighted by Gasteiger charge is 2.66. The average Bonchev–Trinajstić information content (AvgIpc) is 3.29. The van der Waals surface area contributed by atoms with E-state index in [1.54, 1.807) is 14.0 Å². The van der Waals surface area contributed by atoms with E-state index < -0.39 is 60.9 Å². The Balaban J connectivity index is 1.13. The highest BCUT2D eigenvalue weighted by molar-refractivity contribution is 5.21. The Morgan fingerprint density at radius 1 is 0.822 bits per heavy atom. The molecule has 0 aromatic heterocycles. The summed E-state index contributed by atoms with van der Waals surface area (Å²) >= 11 is 0. The van der Waals surface area contributed by atoms with Crippen molar-refractivity contribution < 1.29 is 48.8 Å². The van der Waals surface area contributed by atoms with Crippen molar-refractivity contribution in [1.29, 1.82) is 0 Å². The molecule has 6 rings (SSSR count). The Morgan fingerprint density at radius 2 is 1.53 bits per heavy atom. The standard InChI is InChI=1S/C35H58O10/c1-18-28(36)26(40-6)17-27(42-18)44-20(3)35(39)15-12-25-23-9-8-21-16-22(10-13-33(21,4)24(23)11-14-34(25,35)5)45-32-30(38)31(41-7)29(37)19(2)43-32/h8-9,18-32,36-39H,10-17H2,1-7H3. The van der Waals surface area contributed by atoms with Gasteiger partial charge in [-0.15, -0.1) is 0 Å². The van der Waals surface area contributed by atoms with Gasteiger partial charge >= 0.3 is 0 Å². The van der Waals surface area contributed by atoms with Gasteiger partial charge in [-0.25, -0.2) is 0 Å². The molecule has 0 bridgehead atoms. The SMILES string of the molecule is COC1CC(OC(C)C2(O)CCC3C4C=CC5CC(OC6OC(C)C(O)C(OC)C6O)CCC5(C)C4CCC32C)OC(C)C1O. The maximum atomic E-state index is 12.4. The van der Waals surface area contributed by atoms with Crippen molar-refractivity contribution in [2.24, 2.45) is 34.5 Å². The third-order valence-electron chi connectivity index (χ3n) is 13.7. The summed E-state index contributed by atoms with van der Waals surface area (Å²) < 4.78 is 35.6. The van der Waals surface area contributed by atoms with E-state index in [2.05, 4.69) is 26.0 Å². The van der Waals surface area contributed by atoms with E-state index in [1.807, 2.05) is 13.8 Å². The number of rotatable bonds is 7. The number of allylic oxidation sites excluding steroid dienone is 2. The van der Waals surface area contributed by atoms with E-state index in [9.17, 15) is 20.4 Å². The number of hydrogen-bond donors (Lipinski definition) is 4. The monoisotopic (exact) mass is 638 g/mol. The number of aliphatic hydroxyl groups excluding tert-OH is 3. The molecule has 3 saturated carbocycles. The molecule has 258 valence electrons. The summed E-state index contributed by atoms with van der Waals surface area (Å²) in [7, 11) is 3.09. The topological polar surface area (TPSA) is 136 Å². The quantitative estimate of drug-likeness (QED) is 0.308. The van der Waals surface area contributed by atoms with Crippen LogP contribution in [0.1, 0.15) is 86.0 Å². The van der Waals surface area contributed by atoms with E-state index in [0.29, 0.717) is 36.5 Å². The molecule has 2 heterocycles. The second-order valence-electron chi connectivity index (χ2n) is 15.7. The molecule has 0 amide bonds. The number of hydrogen-bond acceptors (Lipinski definition) is 10. The molecule has 2 aliphatic heterocycles. The van der Waals surface area contributed by atoms with Crippen LogP contribution in [0.5, 0.6) is 0 Å². The van der Waals surface area contributed by atoms with Gasteiger partial charge in [0, 0.05) is 26.1 Å². The van der Waals surface area contributed by atoms with Crippen LogP contribution >= 0.6 is 0 Å². The molecule has 18 unspecified atom stereocenters. The number of fused-ring (bicyclic) bond motifs is 5. The molecule has 10 heteroatoms. The van der Waals surface area contributed by atoms with Crippen molar-refractivity contribution in [2.45, 2.75) is 159 Å². The molecule has 5 fully saturated rings. The lowest BCUT2D eigenvalue weighted by molar-refractivity contribution is -0.311. The Morgan fingerprint density at radius 3 is 2.24 bits per heavy atom. The lowest BCUT2D eigenvalue weighted by Crippen LogP contribution is -2.60. The second-order valence-corrected chi connectivity index (χ2v) is 15.7. The van der Waals surface area contributed by atoms with Crippen molar-refractivity contribution >= 4 is 0 Å². The zero-order chi connectivity index (χ0) is 32.5. The fourth-order valence-electron chi connectivity index (χ4n) is 10.7. The number of aliphatic hydroxyl groups is 4. The Kier molecular flexibility index (Phi) is 9.62. The minimum atomic E-state index is -1.05. The summed E-state index contributed by atoms with van der Waals surface area (Å²) in [6.45, 7) is 10.3. The summed E-state index contributed by atoms with van der Waals surface area (Å²) in [5.41, 5.74) is -1.12. The van der Waals surface area contributed by atoms with Gasteiger partial charge in [-0.1, -0.05) is 26.0 Å². The first kappa shape index (κ1) is 34.2. The van der Waals surface area contributed by atoms with E-state index in [4.69, 9.17) is 28.4 Å². The Hall–Kier alpha value is -0.660. The normalized spacial score (nSPS) is 55.4. The summed E-state index contributed by atoms with van der Waals surface area (Å²) in [6, 6.07) is 0. The van der Waals surface area contributed by atoms with Crippen molar-refractivity contribution in [3.05, 3.63) is 12.2 Å². The Bertz CT molecular complexity index is 1070. The molecule has 2 saturated heterocycles. The zero-order valence-electron chi connectivity index (χ0n) is 28.2. The van der Waals surface area contributed by atoms with Gasteiger partial charge in [0.2, 0.25) is 0 Å². The molecule has 45 heavy (non-hydrogen) atoms. The Labute approximate surface area is 268 Å². The summed E-state index contributed by atoms with van der Waals surface area (Å²) in [5, 5.41) is 44.0. The number of methoxy groups -OCH3 is 2. The minimum absolute atomic E-state index is 0.0455. The largest absolute Gasteiger partial charge is 0.388 e. The lowest BCUT2D eigenvalue weighted by atomic mass is 9.46. The van der Waals surface area contributed by atoms with Gasteiger partial charge in [0.1, 0.15) is 24.4 Å². The lowest BCUT2D eigenvalue weighted by Gasteiger charge is -2.60. The first-order chi connectivity index (χ1) is 21.3. The number of ether oxygens (including phenoxy) is 6. The van der Waals surface area contributed by atoms with Crippen LogP contribution < -0.4 is 0 Å². The zero-order valence-corrected chi connectivity index (χ0v) is 28.2. The molecular weight excluding hydrogens is 580 g/mol. The van der Waals surface area contributed by atoms with Crippen LogP contribution in [-0.4, -0.2) is 108 Å².